The van der Waals surface area contributed by atoms with Crippen molar-refractivity contribution in [3.05, 3.63) is 24.0 Å². The first kappa shape index (κ1) is 10.5. The molecule has 0 aliphatic heterocycles. The van der Waals surface area contributed by atoms with Crippen molar-refractivity contribution in [2.24, 2.45) is 5.41 Å². The molecule has 0 bridgehead atoms. The van der Waals surface area contributed by atoms with Gasteiger partial charge < -0.3 is 5.32 Å². The van der Waals surface area contributed by atoms with E-state index in [0.29, 0.717) is 5.56 Å². The van der Waals surface area contributed by atoms with Crippen LogP contribution in [0.1, 0.15) is 26.3 Å². The van der Waals surface area contributed by atoms with Gasteiger partial charge in [-0.2, -0.15) is 5.26 Å². The van der Waals surface area contributed by atoms with Crippen molar-refractivity contribution in [1.82, 2.24) is 4.98 Å². The highest BCUT2D eigenvalue weighted by atomic mass is 14.9. The fraction of sp³-hybridized carbons (Fsp3) is 0.455. The lowest BCUT2D eigenvalue weighted by Crippen LogP contribution is -2.19. The van der Waals surface area contributed by atoms with Gasteiger partial charge in [0.25, 0.3) is 0 Å². The van der Waals surface area contributed by atoms with E-state index in [2.05, 4.69) is 37.1 Å². The number of pyridine rings is 1. The Labute approximate surface area is 84.8 Å². The molecule has 0 aliphatic rings. The standard InChI is InChI=1S/C11H15N3/c1-11(2,3)8-14-10-7-13-5-4-9(10)6-12/h4-5,7,14H,8H2,1-3H3. The molecule has 0 amide bonds. The largest absolute Gasteiger partial charge is 0.382 e. The second-order valence-electron chi connectivity index (χ2n) is 4.45. The zero-order valence-corrected chi connectivity index (χ0v) is 8.83. The maximum absolute atomic E-state index is 8.83. The van der Waals surface area contributed by atoms with Gasteiger partial charge in [-0.3, -0.25) is 4.98 Å². The maximum atomic E-state index is 8.83. The first-order chi connectivity index (χ1) is 6.53. The summed E-state index contributed by atoms with van der Waals surface area (Å²) >= 11 is 0. The van der Waals surface area contributed by atoms with Crippen LogP contribution in [0.2, 0.25) is 0 Å². The van der Waals surface area contributed by atoms with Gasteiger partial charge in [-0.05, 0) is 11.5 Å². The van der Waals surface area contributed by atoms with Crippen LogP contribution in [0.5, 0.6) is 0 Å². The number of nitriles is 1. The number of anilines is 1. The summed E-state index contributed by atoms with van der Waals surface area (Å²) in [6, 6.07) is 3.84. The van der Waals surface area contributed by atoms with Crippen LogP contribution in [0.15, 0.2) is 18.5 Å². The van der Waals surface area contributed by atoms with E-state index in [-0.39, 0.29) is 5.41 Å². The molecule has 0 spiro atoms. The average molecular weight is 189 g/mol. The van der Waals surface area contributed by atoms with Crippen LogP contribution in [0.25, 0.3) is 0 Å². The zero-order chi connectivity index (χ0) is 10.6. The van der Waals surface area contributed by atoms with Gasteiger partial charge in [0.2, 0.25) is 0 Å². The second-order valence-corrected chi connectivity index (χ2v) is 4.45. The Morgan fingerprint density at radius 2 is 2.21 bits per heavy atom. The molecule has 0 radical (unpaired) electrons. The van der Waals surface area contributed by atoms with E-state index in [1.165, 1.54) is 0 Å². The Morgan fingerprint density at radius 3 is 2.79 bits per heavy atom. The van der Waals surface area contributed by atoms with E-state index in [9.17, 15) is 0 Å². The molecule has 0 unspecified atom stereocenters. The molecular weight excluding hydrogens is 174 g/mol. The maximum Gasteiger partial charge on any atom is 0.101 e. The highest BCUT2D eigenvalue weighted by Crippen LogP contribution is 2.17. The Bertz CT molecular complexity index is 344. The quantitative estimate of drug-likeness (QED) is 0.777. The van der Waals surface area contributed by atoms with E-state index in [0.717, 1.165) is 12.2 Å². The van der Waals surface area contributed by atoms with Crippen LogP contribution >= 0.6 is 0 Å². The summed E-state index contributed by atoms with van der Waals surface area (Å²) in [6.07, 6.45) is 3.31. The molecule has 1 heterocycles. The third-order valence-electron chi connectivity index (χ3n) is 1.75. The van der Waals surface area contributed by atoms with E-state index < -0.39 is 0 Å². The normalized spacial score (nSPS) is 10.7. The Morgan fingerprint density at radius 1 is 1.50 bits per heavy atom. The zero-order valence-electron chi connectivity index (χ0n) is 8.83. The number of hydrogen-bond donors (Lipinski definition) is 1. The second kappa shape index (κ2) is 4.10. The molecule has 3 nitrogen and oxygen atoms in total. The molecule has 3 heteroatoms. The fourth-order valence-corrected chi connectivity index (χ4v) is 0.993. The van der Waals surface area contributed by atoms with Gasteiger partial charge in [-0.1, -0.05) is 20.8 Å². The highest BCUT2D eigenvalue weighted by molar-refractivity contribution is 5.55. The molecule has 0 aliphatic carbocycles. The minimum Gasteiger partial charge on any atom is -0.382 e. The highest BCUT2D eigenvalue weighted by Gasteiger charge is 2.10. The van der Waals surface area contributed by atoms with E-state index >= 15 is 0 Å². The third-order valence-corrected chi connectivity index (χ3v) is 1.75. The third kappa shape index (κ3) is 3.06. The number of rotatable bonds is 2. The predicted octanol–water partition coefficient (Wildman–Crippen LogP) is 2.41. The smallest absolute Gasteiger partial charge is 0.101 e. The van der Waals surface area contributed by atoms with E-state index in [1.807, 2.05) is 0 Å². The topological polar surface area (TPSA) is 48.7 Å². The summed E-state index contributed by atoms with van der Waals surface area (Å²) < 4.78 is 0. The number of aromatic nitrogens is 1. The molecule has 0 aromatic carbocycles. The molecule has 0 atom stereocenters. The summed E-state index contributed by atoms with van der Waals surface area (Å²) in [7, 11) is 0. The van der Waals surface area contributed by atoms with Crippen LogP contribution < -0.4 is 5.32 Å². The summed E-state index contributed by atoms with van der Waals surface area (Å²) in [5.74, 6) is 0. The summed E-state index contributed by atoms with van der Waals surface area (Å²) in [6.45, 7) is 7.25. The summed E-state index contributed by atoms with van der Waals surface area (Å²) in [4.78, 5) is 3.98. The minimum absolute atomic E-state index is 0.197. The number of nitrogens with one attached hydrogen (secondary N) is 1. The number of hydrogen-bond acceptors (Lipinski definition) is 3. The average Bonchev–Trinajstić information content (AvgIpc) is 2.14. The van der Waals surface area contributed by atoms with E-state index in [1.54, 1.807) is 18.5 Å². The first-order valence-electron chi connectivity index (χ1n) is 4.61. The van der Waals surface area contributed by atoms with Gasteiger partial charge in [-0.25, -0.2) is 0 Å². The van der Waals surface area contributed by atoms with Gasteiger partial charge in [0, 0.05) is 12.7 Å². The lowest BCUT2D eigenvalue weighted by atomic mass is 9.97. The van der Waals surface area contributed by atoms with Crippen molar-refractivity contribution in [1.29, 1.82) is 5.26 Å². The van der Waals surface area contributed by atoms with Crippen LogP contribution in [-0.2, 0) is 0 Å². The van der Waals surface area contributed by atoms with E-state index in [4.69, 9.17) is 5.26 Å². The van der Waals surface area contributed by atoms with Crippen LogP contribution in [0.4, 0.5) is 5.69 Å². The van der Waals surface area contributed by atoms with Gasteiger partial charge >= 0.3 is 0 Å². The van der Waals surface area contributed by atoms with Gasteiger partial charge in [0.15, 0.2) is 0 Å². The van der Waals surface area contributed by atoms with Crippen molar-refractivity contribution >= 4 is 5.69 Å². The van der Waals surface area contributed by atoms with Crippen molar-refractivity contribution in [3.8, 4) is 6.07 Å². The SMILES string of the molecule is CC(C)(C)CNc1cnccc1C#N. The molecule has 1 aromatic rings. The molecule has 1 aromatic heterocycles. The Balaban J connectivity index is 2.73. The molecule has 14 heavy (non-hydrogen) atoms. The van der Waals surface area contributed by atoms with Crippen LogP contribution in [0, 0.1) is 16.7 Å². The van der Waals surface area contributed by atoms with Gasteiger partial charge in [0.1, 0.15) is 6.07 Å². The summed E-state index contributed by atoms with van der Waals surface area (Å²) in [5, 5.41) is 12.0. The lowest BCUT2D eigenvalue weighted by Gasteiger charge is -2.19. The Kier molecular flexibility index (Phi) is 3.08. The molecule has 0 saturated heterocycles. The number of nitrogens with zero attached hydrogens (tertiary/aromatic N) is 2. The van der Waals surface area contributed by atoms with Crippen molar-refractivity contribution in [2.75, 3.05) is 11.9 Å². The Hall–Kier alpha value is -1.56. The molecule has 1 rings (SSSR count). The summed E-state index contributed by atoms with van der Waals surface area (Å²) in [5.41, 5.74) is 1.65. The molecule has 0 fully saturated rings. The molecule has 74 valence electrons. The minimum atomic E-state index is 0.197. The van der Waals surface area contributed by atoms with Gasteiger partial charge in [0.05, 0.1) is 17.4 Å². The first-order valence-corrected chi connectivity index (χ1v) is 4.61. The lowest BCUT2D eigenvalue weighted by molar-refractivity contribution is 0.443. The van der Waals surface area contributed by atoms with Gasteiger partial charge in [-0.15, -0.1) is 0 Å². The van der Waals surface area contributed by atoms with Crippen molar-refractivity contribution in [2.45, 2.75) is 20.8 Å². The molecule has 1 N–H and O–H groups in total. The van der Waals surface area contributed by atoms with Crippen molar-refractivity contribution in [3.63, 3.8) is 0 Å². The fourth-order valence-electron chi connectivity index (χ4n) is 0.993. The van der Waals surface area contributed by atoms with Crippen LogP contribution in [-0.4, -0.2) is 11.5 Å². The van der Waals surface area contributed by atoms with Crippen molar-refractivity contribution < 1.29 is 0 Å². The predicted molar refractivity (Wildman–Crippen MR) is 56.9 cm³/mol. The molecular formula is C11H15N3. The van der Waals surface area contributed by atoms with Crippen LogP contribution in [0.3, 0.4) is 0 Å². The molecule has 0 saturated carbocycles. The monoisotopic (exact) mass is 189 g/mol.